The monoisotopic (exact) mass is 210 g/mol. The van der Waals surface area contributed by atoms with Crippen LogP contribution in [0.1, 0.15) is 53.9 Å². The third-order valence-corrected chi connectivity index (χ3v) is 2.29. The second kappa shape index (κ2) is 6.84. The van der Waals surface area contributed by atoms with Gasteiger partial charge in [0, 0.05) is 0 Å². The van der Waals surface area contributed by atoms with Gasteiger partial charge in [0.2, 0.25) is 0 Å². The molecule has 88 valence electrons. The Labute approximate surface area is 94.9 Å². The summed E-state index contributed by atoms with van der Waals surface area (Å²) in [6.07, 6.45) is 8.98. The Morgan fingerprint density at radius 2 is 1.93 bits per heavy atom. The van der Waals surface area contributed by atoms with Gasteiger partial charge >= 0.3 is 0 Å². The van der Waals surface area contributed by atoms with Gasteiger partial charge in [-0.05, 0) is 46.0 Å². The molecule has 1 atom stereocenters. The van der Waals surface area contributed by atoms with Crippen molar-refractivity contribution in [2.45, 2.75) is 59.5 Å². The van der Waals surface area contributed by atoms with E-state index >= 15 is 0 Å². The topological polar surface area (TPSA) is 20.2 Å². The van der Waals surface area contributed by atoms with Crippen molar-refractivity contribution in [1.29, 1.82) is 0 Å². The zero-order valence-corrected chi connectivity index (χ0v) is 10.9. The molecule has 0 aromatic rings. The number of rotatable bonds is 6. The van der Waals surface area contributed by atoms with E-state index < -0.39 is 5.60 Å². The zero-order valence-electron chi connectivity index (χ0n) is 10.9. The van der Waals surface area contributed by atoms with Crippen LogP contribution < -0.4 is 0 Å². The van der Waals surface area contributed by atoms with Crippen molar-refractivity contribution in [2.75, 3.05) is 0 Å². The standard InChI is InChI=1S/C14H26O/c1-12(2)8-6-10-14(5,15)11-7-9-13(3)4/h6,9-10,12,15H,7-8,11H2,1-5H3/b10-6+. The van der Waals surface area contributed by atoms with Gasteiger partial charge in [0.1, 0.15) is 0 Å². The summed E-state index contributed by atoms with van der Waals surface area (Å²) in [5, 5.41) is 10.0. The Bertz CT molecular complexity index is 217. The maximum Gasteiger partial charge on any atom is 0.0802 e. The Balaban J connectivity index is 3.96. The lowest BCUT2D eigenvalue weighted by atomic mass is 9.97. The minimum Gasteiger partial charge on any atom is -0.386 e. The fraction of sp³-hybridized carbons (Fsp3) is 0.714. The van der Waals surface area contributed by atoms with Gasteiger partial charge in [0.15, 0.2) is 0 Å². The second-order valence-electron chi connectivity index (χ2n) is 5.21. The van der Waals surface area contributed by atoms with E-state index in [1.807, 2.05) is 13.0 Å². The average molecular weight is 210 g/mol. The molecule has 1 N–H and O–H groups in total. The fourth-order valence-electron chi connectivity index (χ4n) is 1.33. The van der Waals surface area contributed by atoms with Crippen molar-refractivity contribution in [3.63, 3.8) is 0 Å². The maximum absolute atomic E-state index is 10.0. The molecule has 0 fully saturated rings. The molecule has 0 amide bonds. The third-order valence-electron chi connectivity index (χ3n) is 2.29. The van der Waals surface area contributed by atoms with Crippen molar-refractivity contribution in [2.24, 2.45) is 5.92 Å². The number of hydrogen-bond acceptors (Lipinski definition) is 1. The molecule has 0 aliphatic carbocycles. The summed E-state index contributed by atoms with van der Waals surface area (Å²) in [5.74, 6) is 0.662. The number of hydrogen-bond donors (Lipinski definition) is 1. The van der Waals surface area contributed by atoms with Crippen molar-refractivity contribution < 1.29 is 5.11 Å². The van der Waals surface area contributed by atoms with Gasteiger partial charge in [-0.2, -0.15) is 0 Å². The van der Waals surface area contributed by atoms with E-state index in [9.17, 15) is 5.11 Å². The van der Waals surface area contributed by atoms with E-state index in [0.29, 0.717) is 5.92 Å². The molecule has 0 bridgehead atoms. The summed E-state index contributed by atoms with van der Waals surface area (Å²) in [6.45, 7) is 10.4. The third kappa shape index (κ3) is 9.74. The summed E-state index contributed by atoms with van der Waals surface area (Å²) in [6, 6.07) is 0. The first-order valence-electron chi connectivity index (χ1n) is 5.87. The van der Waals surface area contributed by atoms with Crippen LogP contribution in [0.25, 0.3) is 0 Å². The summed E-state index contributed by atoms with van der Waals surface area (Å²) < 4.78 is 0. The molecule has 1 unspecified atom stereocenters. The normalized spacial score (nSPS) is 15.7. The minimum atomic E-state index is -0.652. The van der Waals surface area contributed by atoms with Gasteiger partial charge in [0.25, 0.3) is 0 Å². The summed E-state index contributed by atoms with van der Waals surface area (Å²) >= 11 is 0. The Morgan fingerprint density at radius 3 is 2.40 bits per heavy atom. The molecular formula is C14H26O. The van der Waals surface area contributed by atoms with Crippen LogP contribution in [-0.2, 0) is 0 Å². The molecule has 0 radical (unpaired) electrons. The van der Waals surface area contributed by atoms with Gasteiger partial charge in [-0.3, -0.25) is 0 Å². The average Bonchev–Trinajstić information content (AvgIpc) is 2.01. The zero-order chi connectivity index (χ0) is 11.9. The van der Waals surface area contributed by atoms with Crippen molar-refractivity contribution >= 4 is 0 Å². The van der Waals surface area contributed by atoms with Crippen molar-refractivity contribution in [3.8, 4) is 0 Å². The molecule has 0 aromatic heterocycles. The van der Waals surface area contributed by atoms with Crippen LogP contribution in [0.5, 0.6) is 0 Å². The minimum absolute atomic E-state index is 0.652. The number of allylic oxidation sites excluding steroid dienone is 3. The van der Waals surface area contributed by atoms with E-state index in [-0.39, 0.29) is 0 Å². The number of aliphatic hydroxyl groups is 1. The van der Waals surface area contributed by atoms with E-state index in [4.69, 9.17) is 0 Å². The van der Waals surface area contributed by atoms with E-state index in [0.717, 1.165) is 19.3 Å². The molecule has 0 aliphatic rings. The van der Waals surface area contributed by atoms with Crippen LogP contribution in [0, 0.1) is 5.92 Å². The van der Waals surface area contributed by atoms with Crippen LogP contribution in [0.3, 0.4) is 0 Å². The maximum atomic E-state index is 10.0. The van der Waals surface area contributed by atoms with E-state index in [2.05, 4.69) is 39.8 Å². The molecule has 0 rings (SSSR count). The van der Waals surface area contributed by atoms with Gasteiger partial charge in [0.05, 0.1) is 5.60 Å². The highest BCUT2D eigenvalue weighted by atomic mass is 16.3. The lowest BCUT2D eigenvalue weighted by molar-refractivity contribution is 0.103. The van der Waals surface area contributed by atoms with Crippen molar-refractivity contribution in [3.05, 3.63) is 23.8 Å². The molecule has 0 saturated heterocycles. The molecule has 0 saturated carbocycles. The lowest BCUT2D eigenvalue weighted by Gasteiger charge is -2.18. The Morgan fingerprint density at radius 1 is 1.33 bits per heavy atom. The molecule has 0 aliphatic heterocycles. The Hall–Kier alpha value is -0.560. The van der Waals surface area contributed by atoms with Crippen LogP contribution in [0.4, 0.5) is 0 Å². The van der Waals surface area contributed by atoms with Crippen molar-refractivity contribution in [1.82, 2.24) is 0 Å². The van der Waals surface area contributed by atoms with Crippen LogP contribution in [-0.4, -0.2) is 10.7 Å². The van der Waals surface area contributed by atoms with Crippen LogP contribution >= 0.6 is 0 Å². The highest BCUT2D eigenvalue weighted by Gasteiger charge is 2.14. The molecule has 0 heterocycles. The summed E-state index contributed by atoms with van der Waals surface area (Å²) in [4.78, 5) is 0. The first kappa shape index (κ1) is 14.4. The molecule has 0 aromatic carbocycles. The van der Waals surface area contributed by atoms with E-state index in [1.165, 1.54) is 5.57 Å². The molecular weight excluding hydrogens is 184 g/mol. The second-order valence-corrected chi connectivity index (χ2v) is 5.21. The smallest absolute Gasteiger partial charge is 0.0802 e. The van der Waals surface area contributed by atoms with Gasteiger partial charge < -0.3 is 5.11 Å². The van der Waals surface area contributed by atoms with Gasteiger partial charge in [-0.25, -0.2) is 0 Å². The quantitative estimate of drug-likeness (QED) is 0.655. The van der Waals surface area contributed by atoms with E-state index in [1.54, 1.807) is 0 Å². The molecule has 0 spiro atoms. The molecule has 1 heteroatoms. The summed E-state index contributed by atoms with van der Waals surface area (Å²) in [5.41, 5.74) is 0.665. The first-order valence-corrected chi connectivity index (χ1v) is 5.87. The molecule has 15 heavy (non-hydrogen) atoms. The van der Waals surface area contributed by atoms with Crippen LogP contribution in [0.2, 0.25) is 0 Å². The van der Waals surface area contributed by atoms with Gasteiger partial charge in [-0.1, -0.05) is 37.6 Å². The SMILES string of the molecule is CC(C)=CCCC(C)(O)/C=C/CC(C)C. The van der Waals surface area contributed by atoms with Crippen LogP contribution in [0.15, 0.2) is 23.8 Å². The summed E-state index contributed by atoms with van der Waals surface area (Å²) in [7, 11) is 0. The van der Waals surface area contributed by atoms with Gasteiger partial charge in [-0.15, -0.1) is 0 Å². The Kier molecular flexibility index (Phi) is 6.58. The lowest BCUT2D eigenvalue weighted by Crippen LogP contribution is -2.20. The predicted molar refractivity (Wildman–Crippen MR) is 67.9 cm³/mol. The largest absolute Gasteiger partial charge is 0.386 e. The first-order chi connectivity index (χ1) is 6.83. The molecule has 1 nitrogen and oxygen atoms in total. The predicted octanol–water partition coefficient (Wildman–Crippen LogP) is 4.09. The highest BCUT2D eigenvalue weighted by molar-refractivity contribution is 5.01. The fourth-order valence-corrected chi connectivity index (χ4v) is 1.33. The highest BCUT2D eigenvalue weighted by Crippen LogP contribution is 2.16.